The maximum absolute atomic E-state index is 7.19. The molecule has 1 fully saturated rings. The molecule has 3 atom stereocenters. The van der Waals surface area contributed by atoms with E-state index in [1.54, 1.807) is 0 Å². The quantitative estimate of drug-likeness (QED) is 0.397. The van der Waals surface area contributed by atoms with E-state index in [9.17, 15) is 0 Å². The van der Waals surface area contributed by atoms with E-state index in [-0.39, 0.29) is 17.2 Å². The molecule has 1 aliphatic carbocycles. The highest BCUT2D eigenvalue weighted by atomic mass is 28.4. The number of hydrogen-bond acceptors (Lipinski definition) is 4. The number of aromatic nitrogens is 1. The van der Waals surface area contributed by atoms with Crippen LogP contribution in [0.25, 0.3) is 0 Å². The monoisotopic (exact) mass is 456 g/mol. The zero-order valence-electron chi connectivity index (χ0n) is 19.6. The van der Waals surface area contributed by atoms with Gasteiger partial charge in [0.25, 0.3) is 8.32 Å². The lowest BCUT2D eigenvalue weighted by Crippen LogP contribution is -2.67. The van der Waals surface area contributed by atoms with Gasteiger partial charge in [-0.1, -0.05) is 99.7 Å². The third-order valence-electron chi connectivity index (χ3n) is 6.87. The summed E-state index contributed by atoms with van der Waals surface area (Å²) < 4.78 is 7.19. The van der Waals surface area contributed by atoms with Crippen LogP contribution in [-0.4, -0.2) is 32.1 Å². The minimum absolute atomic E-state index is 0.00442. The molecular formula is C28H32N2O2Si. The molecule has 0 unspecified atom stereocenters. The Morgan fingerprint density at radius 3 is 2.06 bits per heavy atom. The van der Waals surface area contributed by atoms with Crippen LogP contribution in [0.4, 0.5) is 5.82 Å². The molecule has 33 heavy (non-hydrogen) atoms. The van der Waals surface area contributed by atoms with Crippen molar-refractivity contribution in [3.05, 3.63) is 97.2 Å². The molecule has 0 N–H and O–H groups in total. The van der Waals surface area contributed by atoms with Gasteiger partial charge in [-0.2, -0.15) is 0 Å². The Morgan fingerprint density at radius 1 is 0.909 bits per heavy atom. The number of pyridine rings is 1. The number of rotatable bonds is 6. The van der Waals surface area contributed by atoms with Crippen LogP contribution in [0, 0.1) is 5.92 Å². The second kappa shape index (κ2) is 8.90. The maximum atomic E-state index is 7.19. The summed E-state index contributed by atoms with van der Waals surface area (Å²) in [6.07, 6.45) is 7.26. The molecule has 6 rings (SSSR count). The summed E-state index contributed by atoms with van der Waals surface area (Å²) in [7, 11) is -2.55. The Kier molecular flexibility index (Phi) is 5.95. The molecule has 3 aliphatic rings. The van der Waals surface area contributed by atoms with Crippen LogP contribution in [0.5, 0.6) is 0 Å². The standard InChI is InChI=1S/C28H32N2O2Si/c1-28(2,3)33(24-12-6-4-7-13-24,25-14-8-5-9-15-25)31-21-22-20-23-17-18-26(22)32-30(23)27-16-10-11-19-29-27/h4-19,22-23,26H,20-21H2,1-3H3/t22-,23-,26+/m1/s1. The molecule has 0 radical (unpaired) electrons. The van der Waals surface area contributed by atoms with Gasteiger partial charge in [0.15, 0.2) is 5.82 Å². The number of benzene rings is 2. The topological polar surface area (TPSA) is 34.6 Å². The van der Waals surface area contributed by atoms with E-state index in [2.05, 4.69) is 98.6 Å². The highest BCUT2D eigenvalue weighted by molar-refractivity contribution is 6.99. The molecule has 1 aromatic heterocycles. The summed E-state index contributed by atoms with van der Waals surface area (Å²) in [5.74, 6) is 1.17. The van der Waals surface area contributed by atoms with Crippen molar-refractivity contribution in [3.8, 4) is 0 Å². The fourth-order valence-corrected chi connectivity index (χ4v) is 9.91. The van der Waals surface area contributed by atoms with Gasteiger partial charge in [-0.3, -0.25) is 4.84 Å². The van der Waals surface area contributed by atoms with E-state index in [1.807, 2.05) is 29.5 Å². The zero-order valence-corrected chi connectivity index (χ0v) is 20.6. The van der Waals surface area contributed by atoms with Crippen molar-refractivity contribution in [2.24, 2.45) is 5.92 Å². The number of hydroxylamine groups is 1. The molecule has 4 nitrogen and oxygen atoms in total. The molecule has 170 valence electrons. The molecule has 2 aliphatic heterocycles. The summed E-state index contributed by atoms with van der Waals surface area (Å²) in [5, 5.41) is 4.57. The second-order valence-corrected chi connectivity index (χ2v) is 14.3. The average molecular weight is 457 g/mol. The van der Waals surface area contributed by atoms with Gasteiger partial charge in [-0.05, 0) is 34.0 Å². The third kappa shape index (κ3) is 4.05. The lowest BCUT2D eigenvalue weighted by molar-refractivity contribution is -0.0492. The largest absolute Gasteiger partial charge is 0.407 e. The van der Waals surface area contributed by atoms with Crippen molar-refractivity contribution >= 4 is 24.5 Å². The van der Waals surface area contributed by atoms with E-state index >= 15 is 0 Å². The van der Waals surface area contributed by atoms with Gasteiger partial charge in [-0.15, -0.1) is 0 Å². The van der Waals surface area contributed by atoms with Crippen LogP contribution < -0.4 is 15.4 Å². The van der Waals surface area contributed by atoms with Gasteiger partial charge in [-0.25, -0.2) is 10.0 Å². The van der Waals surface area contributed by atoms with Crippen molar-refractivity contribution in [1.82, 2.24) is 4.98 Å². The Balaban J connectivity index is 1.43. The van der Waals surface area contributed by atoms with Gasteiger partial charge >= 0.3 is 0 Å². The first kappa shape index (κ1) is 22.1. The third-order valence-corrected chi connectivity index (χ3v) is 11.9. The number of anilines is 1. The van der Waals surface area contributed by atoms with E-state index in [1.165, 1.54) is 10.4 Å². The minimum Gasteiger partial charge on any atom is -0.407 e. The van der Waals surface area contributed by atoms with Gasteiger partial charge in [0.05, 0.1) is 6.04 Å². The van der Waals surface area contributed by atoms with Crippen molar-refractivity contribution in [2.45, 2.75) is 44.4 Å². The van der Waals surface area contributed by atoms with Crippen molar-refractivity contribution in [2.75, 3.05) is 11.7 Å². The van der Waals surface area contributed by atoms with Gasteiger partial charge < -0.3 is 4.43 Å². The Labute approximate surface area is 198 Å². The first-order chi connectivity index (χ1) is 16.0. The number of hydrogen-bond donors (Lipinski definition) is 0. The molecule has 3 heterocycles. The fourth-order valence-electron chi connectivity index (χ4n) is 5.29. The summed E-state index contributed by atoms with van der Waals surface area (Å²) in [4.78, 5) is 10.9. The normalized spacial score (nSPS) is 22.5. The first-order valence-corrected chi connectivity index (χ1v) is 13.7. The van der Waals surface area contributed by atoms with Crippen LogP contribution in [0.2, 0.25) is 5.04 Å². The number of nitrogens with zero attached hydrogens (tertiary/aromatic N) is 2. The van der Waals surface area contributed by atoms with Gasteiger partial charge in [0.1, 0.15) is 6.10 Å². The lowest BCUT2D eigenvalue weighted by atomic mass is 9.87. The molecule has 0 saturated carbocycles. The molecule has 2 bridgehead atoms. The highest BCUT2D eigenvalue weighted by Gasteiger charge is 2.51. The highest BCUT2D eigenvalue weighted by Crippen LogP contribution is 2.39. The molecule has 1 saturated heterocycles. The predicted molar refractivity (Wildman–Crippen MR) is 136 cm³/mol. The van der Waals surface area contributed by atoms with Gasteiger partial charge in [0, 0.05) is 18.7 Å². The Morgan fingerprint density at radius 2 is 1.55 bits per heavy atom. The SMILES string of the molecule is CC(C)(C)[Si](OC[C@H]1C[C@H]2C=C[C@@H]1ON2c1ccccn1)(c1ccccc1)c1ccccc1. The van der Waals surface area contributed by atoms with E-state index in [4.69, 9.17) is 9.26 Å². The van der Waals surface area contributed by atoms with Crippen molar-refractivity contribution in [1.29, 1.82) is 0 Å². The molecule has 0 amide bonds. The predicted octanol–water partition coefficient (Wildman–Crippen LogP) is 4.72. The van der Waals surface area contributed by atoms with Crippen molar-refractivity contribution in [3.63, 3.8) is 0 Å². The van der Waals surface area contributed by atoms with Crippen LogP contribution in [0.1, 0.15) is 27.2 Å². The van der Waals surface area contributed by atoms with Gasteiger partial charge in [0.2, 0.25) is 0 Å². The second-order valence-electron chi connectivity index (χ2n) is 10.0. The number of fused-ring (bicyclic) bond motifs is 2. The van der Waals surface area contributed by atoms with E-state index in [0.29, 0.717) is 12.5 Å². The van der Waals surface area contributed by atoms with Crippen molar-refractivity contribution < 1.29 is 9.26 Å². The van der Waals surface area contributed by atoms with Crippen LogP contribution in [-0.2, 0) is 9.26 Å². The molecular weight excluding hydrogens is 424 g/mol. The molecule has 5 heteroatoms. The maximum Gasteiger partial charge on any atom is 0.261 e. The fraction of sp³-hybridized carbons (Fsp3) is 0.321. The van der Waals surface area contributed by atoms with Crippen LogP contribution in [0.3, 0.4) is 0 Å². The molecule has 3 aromatic rings. The summed E-state index contributed by atoms with van der Waals surface area (Å²) in [6, 6.07) is 27.8. The smallest absolute Gasteiger partial charge is 0.261 e. The Hall–Kier alpha value is -2.73. The lowest BCUT2D eigenvalue weighted by Gasteiger charge is -2.48. The van der Waals surface area contributed by atoms with E-state index < -0.39 is 8.32 Å². The summed E-state index contributed by atoms with van der Waals surface area (Å²) >= 11 is 0. The minimum atomic E-state index is -2.55. The van der Waals surface area contributed by atoms with Crippen LogP contribution in [0.15, 0.2) is 97.2 Å². The van der Waals surface area contributed by atoms with Crippen LogP contribution >= 0.6 is 0 Å². The Bertz CT molecular complexity index is 1040. The molecule has 0 spiro atoms. The van der Waals surface area contributed by atoms with E-state index in [0.717, 1.165) is 12.2 Å². The zero-order chi connectivity index (χ0) is 22.9. The first-order valence-electron chi connectivity index (χ1n) is 11.8. The average Bonchev–Trinajstić information content (AvgIpc) is 2.86. The summed E-state index contributed by atoms with van der Waals surface area (Å²) in [5.41, 5.74) is 0. The summed E-state index contributed by atoms with van der Waals surface area (Å²) in [6.45, 7) is 7.65. The molecule has 2 aromatic carbocycles.